The first-order valence-electron chi connectivity index (χ1n) is 13.9. The zero-order valence-electron chi connectivity index (χ0n) is 25.1. The average molecular weight is 623 g/mol. The van der Waals surface area contributed by atoms with E-state index in [1.807, 2.05) is 65.8 Å². The van der Waals surface area contributed by atoms with Gasteiger partial charge in [-0.1, -0.05) is 114 Å². The number of fused-ring (bicyclic) bond motifs is 1. The lowest BCUT2D eigenvalue weighted by Crippen LogP contribution is -2.47. The van der Waals surface area contributed by atoms with Crippen molar-refractivity contribution in [2.75, 3.05) is 17.2 Å². The van der Waals surface area contributed by atoms with E-state index >= 15 is 0 Å². The van der Waals surface area contributed by atoms with Crippen LogP contribution in [0.25, 0.3) is 0 Å². The van der Waals surface area contributed by atoms with Gasteiger partial charge in [-0.15, -0.1) is 0 Å². The lowest BCUT2D eigenvalue weighted by Gasteiger charge is -2.37. The molecule has 0 spiro atoms. The largest absolute Gasteiger partial charge is 0.490 e. The first-order valence-corrected chi connectivity index (χ1v) is 15.7. The third kappa shape index (κ3) is 7.44. The van der Waals surface area contributed by atoms with Crippen molar-refractivity contribution < 1.29 is 29.3 Å². The van der Waals surface area contributed by atoms with Crippen LogP contribution in [0.5, 0.6) is 5.75 Å². The SMILES string of the molecule is CC(C)(C)c1ccccc1NC(=O)C(O)SC1(SC(O)C(=O)Nc2ccccc2C(C)(C)C)COc2ccccc2C1=O. The van der Waals surface area contributed by atoms with Gasteiger partial charge in [-0.05, 0) is 46.2 Å². The van der Waals surface area contributed by atoms with Crippen LogP contribution in [0.4, 0.5) is 11.4 Å². The van der Waals surface area contributed by atoms with Gasteiger partial charge in [-0.2, -0.15) is 0 Å². The molecule has 4 N–H and O–H groups in total. The molecule has 2 atom stereocenters. The molecule has 0 aliphatic carbocycles. The minimum atomic E-state index is -1.73. The summed E-state index contributed by atoms with van der Waals surface area (Å²) in [6, 6.07) is 21.2. The number of para-hydroxylation sites is 3. The van der Waals surface area contributed by atoms with Gasteiger partial charge in [0.05, 0.1) is 5.56 Å². The molecule has 0 radical (unpaired) electrons. The molecule has 3 aromatic carbocycles. The topological polar surface area (TPSA) is 125 Å². The molecule has 4 rings (SSSR count). The highest BCUT2D eigenvalue weighted by Gasteiger charge is 2.50. The Morgan fingerprint density at radius 1 is 0.744 bits per heavy atom. The first kappa shape index (κ1) is 32.6. The van der Waals surface area contributed by atoms with Gasteiger partial charge in [-0.3, -0.25) is 14.4 Å². The fourth-order valence-electron chi connectivity index (χ4n) is 4.78. The molecule has 43 heavy (non-hydrogen) atoms. The number of aliphatic hydroxyl groups is 2. The fourth-order valence-corrected chi connectivity index (χ4v) is 7.29. The maximum Gasteiger partial charge on any atom is 0.263 e. The molecule has 2 unspecified atom stereocenters. The number of anilines is 2. The Balaban J connectivity index is 1.60. The van der Waals surface area contributed by atoms with E-state index in [0.29, 0.717) is 40.6 Å². The number of ether oxygens (including phenoxy) is 1. The zero-order valence-corrected chi connectivity index (χ0v) is 26.8. The van der Waals surface area contributed by atoms with Crippen LogP contribution in [0.1, 0.15) is 63.0 Å². The Morgan fingerprint density at radius 2 is 1.16 bits per heavy atom. The van der Waals surface area contributed by atoms with Crippen LogP contribution in [0, 0.1) is 0 Å². The highest BCUT2D eigenvalue weighted by atomic mass is 32.2. The summed E-state index contributed by atoms with van der Waals surface area (Å²) in [7, 11) is 0. The van der Waals surface area contributed by atoms with E-state index in [-0.39, 0.29) is 23.0 Å². The van der Waals surface area contributed by atoms with Crippen molar-refractivity contribution in [3.63, 3.8) is 0 Å². The average Bonchev–Trinajstić information content (AvgIpc) is 2.94. The molecule has 1 heterocycles. The van der Waals surface area contributed by atoms with E-state index in [9.17, 15) is 24.6 Å². The van der Waals surface area contributed by atoms with Crippen molar-refractivity contribution in [2.45, 2.75) is 67.3 Å². The third-order valence-electron chi connectivity index (χ3n) is 6.93. The molecule has 0 fully saturated rings. The number of benzene rings is 3. The molecule has 1 aliphatic rings. The molecule has 0 saturated carbocycles. The van der Waals surface area contributed by atoms with Crippen LogP contribution in [-0.2, 0) is 20.4 Å². The predicted molar refractivity (Wildman–Crippen MR) is 174 cm³/mol. The lowest BCUT2D eigenvalue weighted by atomic mass is 9.86. The number of carbonyl (C=O) groups is 3. The molecule has 8 nitrogen and oxygen atoms in total. The van der Waals surface area contributed by atoms with E-state index in [4.69, 9.17) is 4.74 Å². The molecule has 0 saturated heterocycles. The monoisotopic (exact) mass is 622 g/mol. The van der Waals surface area contributed by atoms with Crippen LogP contribution in [0.15, 0.2) is 72.8 Å². The summed E-state index contributed by atoms with van der Waals surface area (Å²) in [5.74, 6) is -1.62. The number of Topliss-reactive ketones (excluding diaryl/α,β-unsaturated/α-hetero) is 1. The lowest BCUT2D eigenvalue weighted by molar-refractivity contribution is -0.120. The molecular weight excluding hydrogens is 585 g/mol. The Bertz CT molecular complexity index is 1430. The summed E-state index contributed by atoms with van der Waals surface area (Å²) in [6.07, 6.45) is 0. The van der Waals surface area contributed by atoms with Gasteiger partial charge in [0.25, 0.3) is 11.8 Å². The van der Waals surface area contributed by atoms with Gasteiger partial charge in [-0.25, -0.2) is 0 Å². The van der Waals surface area contributed by atoms with Gasteiger partial charge in [0.2, 0.25) is 0 Å². The van der Waals surface area contributed by atoms with E-state index in [1.165, 1.54) is 0 Å². The minimum absolute atomic E-state index is 0.227. The van der Waals surface area contributed by atoms with E-state index in [1.54, 1.807) is 48.5 Å². The minimum Gasteiger partial charge on any atom is -0.490 e. The van der Waals surface area contributed by atoms with Crippen molar-refractivity contribution >= 4 is 52.5 Å². The standard InChI is InChI=1S/C33H38N2O6S2/c1-31(2,3)21-14-8-10-16-23(21)34-27(37)29(39)42-33(19-41-25-18-12-7-13-20(25)26(33)36)43-30(40)28(38)35-24-17-11-9-15-22(24)32(4,5)6/h7-18,29-30,39-40H,19H2,1-6H3,(H,34,37)(H,35,38). The van der Waals surface area contributed by atoms with Crippen LogP contribution in [0.3, 0.4) is 0 Å². The fraction of sp³-hybridized carbons (Fsp3) is 0.364. The Hall–Kier alpha value is -3.31. The summed E-state index contributed by atoms with van der Waals surface area (Å²) < 4.78 is 4.17. The van der Waals surface area contributed by atoms with Crippen LogP contribution in [-0.4, -0.2) is 49.4 Å². The van der Waals surface area contributed by atoms with Gasteiger partial charge < -0.3 is 25.6 Å². The number of hydrogen-bond acceptors (Lipinski definition) is 8. The van der Waals surface area contributed by atoms with E-state index in [0.717, 1.165) is 11.1 Å². The molecule has 0 aromatic heterocycles. The predicted octanol–water partition coefficient (Wildman–Crippen LogP) is 5.93. The summed E-state index contributed by atoms with van der Waals surface area (Å²) >= 11 is 1.26. The van der Waals surface area contributed by atoms with Gasteiger partial charge in [0.1, 0.15) is 12.4 Å². The second-order valence-corrected chi connectivity index (χ2v) is 15.4. The number of amides is 2. The third-order valence-corrected chi connectivity index (χ3v) is 9.75. The van der Waals surface area contributed by atoms with Crippen molar-refractivity contribution in [3.8, 4) is 5.75 Å². The van der Waals surface area contributed by atoms with Gasteiger partial charge >= 0.3 is 0 Å². The summed E-state index contributed by atoms with van der Waals surface area (Å²) in [6.45, 7) is 11.8. The van der Waals surface area contributed by atoms with Crippen molar-refractivity contribution in [3.05, 3.63) is 89.5 Å². The number of hydrogen-bond donors (Lipinski definition) is 4. The maximum atomic E-state index is 13.9. The number of ketones is 1. The molecule has 2 amide bonds. The summed E-state index contributed by atoms with van der Waals surface area (Å²) in [4.78, 5) is 40.5. The molecule has 228 valence electrons. The number of aliphatic hydroxyl groups excluding tert-OH is 2. The molecule has 1 aliphatic heterocycles. The quantitative estimate of drug-likeness (QED) is 0.228. The van der Waals surface area contributed by atoms with Crippen molar-refractivity contribution in [2.24, 2.45) is 0 Å². The summed E-state index contributed by atoms with van der Waals surface area (Å²) in [5, 5.41) is 27.8. The van der Waals surface area contributed by atoms with E-state index in [2.05, 4.69) is 10.6 Å². The van der Waals surface area contributed by atoms with Crippen LogP contribution in [0.2, 0.25) is 0 Å². The highest BCUT2D eigenvalue weighted by molar-refractivity contribution is 8.20. The van der Waals surface area contributed by atoms with Gasteiger partial charge in [0.15, 0.2) is 20.7 Å². The number of rotatable bonds is 8. The highest BCUT2D eigenvalue weighted by Crippen LogP contribution is 2.48. The maximum absolute atomic E-state index is 13.9. The van der Waals surface area contributed by atoms with Crippen molar-refractivity contribution in [1.29, 1.82) is 0 Å². The molecule has 3 aromatic rings. The second-order valence-electron chi connectivity index (χ2n) is 12.4. The Kier molecular flexibility index (Phi) is 9.66. The van der Waals surface area contributed by atoms with Crippen molar-refractivity contribution in [1.82, 2.24) is 0 Å². The second kappa shape index (κ2) is 12.7. The number of nitrogens with one attached hydrogen (secondary N) is 2. The van der Waals surface area contributed by atoms with E-state index < -0.39 is 32.5 Å². The molecule has 0 bridgehead atoms. The summed E-state index contributed by atoms with van der Waals surface area (Å²) in [5.41, 5.74) is -0.963. The Morgan fingerprint density at radius 3 is 1.63 bits per heavy atom. The Labute approximate surface area is 261 Å². The smallest absolute Gasteiger partial charge is 0.263 e. The van der Waals surface area contributed by atoms with Gasteiger partial charge in [0, 0.05) is 11.4 Å². The first-order chi connectivity index (χ1) is 20.1. The van der Waals surface area contributed by atoms with Crippen LogP contribution < -0.4 is 15.4 Å². The normalized spacial score (nSPS) is 18.2. The van der Waals surface area contributed by atoms with Crippen LogP contribution >= 0.6 is 23.5 Å². The molecule has 10 heteroatoms. The zero-order chi connectivity index (χ0) is 31.6. The molecular formula is C33H38N2O6S2. The number of carbonyl (C=O) groups excluding carboxylic acids is 3. The number of thioether (sulfide) groups is 2.